The van der Waals surface area contributed by atoms with Gasteiger partial charge in [0.05, 0.1) is 6.61 Å². The van der Waals surface area contributed by atoms with E-state index < -0.39 is 0 Å². The van der Waals surface area contributed by atoms with Gasteiger partial charge in [0.15, 0.2) is 0 Å². The Morgan fingerprint density at radius 3 is 2.86 bits per heavy atom. The van der Waals surface area contributed by atoms with Crippen molar-refractivity contribution in [1.82, 2.24) is 4.90 Å². The maximum Gasteiger partial charge on any atom is 0.115 e. The molecule has 0 aromatic heterocycles. The Bertz CT molecular complexity index is 276. The lowest BCUT2D eigenvalue weighted by atomic mass is 10.2. The van der Waals surface area contributed by atoms with Crippen molar-refractivity contribution in [2.75, 3.05) is 27.3 Å². The van der Waals surface area contributed by atoms with Gasteiger partial charge in [0.2, 0.25) is 0 Å². The summed E-state index contributed by atoms with van der Waals surface area (Å²) in [5.41, 5.74) is 1.11. The molecule has 0 heterocycles. The second-order valence-corrected chi connectivity index (χ2v) is 3.40. The predicted molar refractivity (Wildman–Crippen MR) is 56.3 cm³/mol. The van der Waals surface area contributed by atoms with Crippen LogP contribution in [0.2, 0.25) is 0 Å². The van der Waals surface area contributed by atoms with Crippen molar-refractivity contribution in [3.8, 4) is 5.75 Å². The van der Waals surface area contributed by atoms with Gasteiger partial charge in [-0.25, -0.2) is 0 Å². The van der Waals surface area contributed by atoms with E-state index in [1.165, 1.54) is 0 Å². The molecule has 0 radical (unpaired) electrons. The average molecular weight is 195 g/mol. The number of benzene rings is 1. The molecule has 14 heavy (non-hydrogen) atoms. The van der Waals surface area contributed by atoms with Gasteiger partial charge in [-0.05, 0) is 24.7 Å². The molecule has 0 saturated heterocycles. The molecular weight excluding hydrogens is 178 g/mol. The number of aromatic hydroxyl groups is 1. The topological polar surface area (TPSA) is 32.7 Å². The molecule has 3 heteroatoms. The van der Waals surface area contributed by atoms with Gasteiger partial charge < -0.3 is 9.84 Å². The molecular formula is C11H17NO2. The second kappa shape index (κ2) is 5.62. The minimum absolute atomic E-state index is 0.322. The molecule has 0 aliphatic carbocycles. The van der Waals surface area contributed by atoms with Crippen LogP contribution in [0.3, 0.4) is 0 Å². The van der Waals surface area contributed by atoms with Crippen LogP contribution in [0.25, 0.3) is 0 Å². The monoisotopic (exact) mass is 195 g/mol. The number of phenolic OH excluding ortho intramolecular Hbond substituents is 1. The van der Waals surface area contributed by atoms with E-state index in [0.29, 0.717) is 5.75 Å². The predicted octanol–water partition coefficient (Wildman–Crippen LogP) is 1.47. The van der Waals surface area contributed by atoms with Gasteiger partial charge >= 0.3 is 0 Å². The summed E-state index contributed by atoms with van der Waals surface area (Å²) in [7, 11) is 3.73. The van der Waals surface area contributed by atoms with Crippen molar-refractivity contribution in [2.24, 2.45) is 0 Å². The van der Waals surface area contributed by atoms with Gasteiger partial charge in [0.25, 0.3) is 0 Å². The molecule has 0 saturated carbocycles. The molecule has 0 aliphatic rings. The van der Waals surface area contributed by atoms with Gasteiger partial charge in [-0.3, -0.25) is 4.90 Å². The van der Waals surface area contributed by atoms with Gasteiger partial charge in [0.1, 0.15) is 5.75 Å². The molecule has 1 aromatic rings. The number of hydrogen-bond acceptors (Lipinski definition) is 3. The van der Waals surface area contributed by atoms with Crippen LogP contribution in [-0.2, 0) is 11.3 Å². The van der Waals surface area contributed by atoms with Crippen molar-refractivity contribution < 1.29 is 9.84 Å². The number of likely N-dealkylation sites (N-methyl/N-ethyl adjacent to an activating group) is 1. The van der Waals surface area contributed by atoms with Crippen molar-refractivity contribution in [3.63, 3.8) is 0 Å². The van der Waals surface area contributed by atoms with Gasteiger partial charge in [-0.15, -0.1) is 0 Å². The first-order chi connectivity index (χ1) is 6.72. The van der Waals surface area contributed by atoms with E-state index in [9.17, 15) is 5.11 Å². The number of phenols is 1. The Morgan fingerprint density at radius 2 is 2.21 bits per heavy atom. The number of hydrogen-bond donors (Lipinski definition) is 1. The van der Waals surface area contributed by atoms with Gasteiger partial charge in [0, 0.05) is 20.2 Å². The third kappa shape index (κ3) is 3.77. The van der Waals surface area contributed by atoms with Gasteiger partial charge in [-0.2, -0.15) is 0 Å². The first-order valence-electron chi connectivity index (χ1n) is 4.68. The summed E-state index contributed by atoms with van der Waals surface area (Å²) in [6, 6.07) is 7.32. The van der Waals surface area contributed by atoms with Crippen LogP contribution in [0.1, 0.15) is 5.56 Å². The highest BCUT2D eigenvalue weighted by Crippen LogP contribution is 2.11. The molecule has 0 atom stereocenters. The molecule has 78 valence electrons. The number of rotatable bonds is 5. The fourth-order valence-electron chi connectivity index (χ4n) is 1.29. The Kier molecular flexibility index (Phi) is 4.43. The number of nitrogens with zero attached hydrogens (tertiary/aromatic N) is 1. The van der Waals surface area contributed by atoms with Crippen LogP contribution in [0, 0.1) is 0 Å². The first kappa shape index (κ1) is 11.0. The largest absolute Gasteiger partial charge is 0.508 e. The van der Waals surface area contributed by atoms with Crippen LogP contribution in [0.5, 0.6) is 5.75 Å². The van der Waals surface area contributed by atoms with Crippen LogP contribution < -0.4 is 0 Å². The fraction of sp³-hybridized carbons (Fsp3) is 0.455. The Hall–Kier alpha value is -1.06. The van der Waals surface area contributed by atoms with Gasteiger partial charge in [-0.1, -0.05) is 12.1 Å². The number of ether oxygens (including phenoxy) is 1. The third-order valence-corrected chi connectivity index (χ3v) is 2.04. The number of methoxy groups -OCH3 is 1. The highest BCUT2D eigenvalue weighted by molar-refractivity contribution is 5.26. The molecule has 1 N–H and O–H groups in total. The van der Waals surface area contributed by atoms with Crippen molar-refractivity contribution in [3.05, 3.63) is 29.8 Å². The van der Waals surface area contributed by atoms with Crippen molar-refractivity contribution >= 4 is 0 Å². The first-order valence-corrected chi connectivity index (χ1v) is 4.68. The molecule has 0 spiro atoms. The van der Waals surface area contributed by atoms with Crippen LogP contribution in [0.15, 0.2) is 24.3 Å². The summed E-state index contributed by atoms with van der Waals surface area (Å²) >= 11 is 0. The summed E-state index contributed by atoms with van der Waals surface area (Å²) in [5.74, 6) is 0.322. The van der Waals surface area contributed by atoms with E-state index in [-0.39, 0.29) is 0 Å². The second-order valence-electron chi connectivity index (χ2n) is 3.40. The zero-order chi connectivity index (χ0) is 10.4. The molecule has 3 nitrogen and oxygen atoms in total. The summed E-state index contributed by atoms with van der Waals surface area (Å²) in [6.07, 6.45) is 0. The molecule has 0 bridgehead atoms. The van der Waals surface area contributed by atoms with Crippen molar-refractivity contribution in [2.45, 2.75) is 6.54 Å². The zero-order valence-electron chi connectivity index (χ0n) is 8.73. The maximum absolute atomic E-state index is 9.26. The summed E-state index contributed by atoms with van der Waals surface area (Å²) in [4.78, 5) is 2.15. The summed E-state index contributed by atoms with van der Waals surface area (Å²) < 4.78 is 4.98. The lowest BCUT2D eigenvalue weighted by molar-refractivity contribution is 0.158. The Labute approximate surface area is 84.9 Å². The molecule has 1 rings (SSSR count). The maximum atomic E-state index is 9.26. The highest BCUT2D eigenvalue weighted by Gasteiger charge is 2.00. The Morgan fingerprint density at radius 1 is 1.43 bits per heavy atom. The Balaban J connectivity index is 2.43. The lowest BCUT2D eigenvalue weighted by Gasteiger charge is -2.15. The quantitative estimate of drug-likeness (QED) is 0.772. The minimum Gasteiger partial charge on any atom is -0.508 e. The molecule has 0 amide bonds. The van der Waals surface area contributed by atoms with E-state index in [1.807, 2.05) is 19.2 Å². The minimum atomic E-state index is 0.322. The average Bonchev–Trinajstić information content (AvgIpc) is 2.15. The lowest BCUT2D eigenvalue weighted by Crippen LogP contribution is -2.22. The molecule has 0 aliphatic heterocycles. The smallest absolute Gasteiger partial charge is 0.115 e. The van der Waals surface area contributed by atoms with Crippen LogP contribution in [0.4, 0.5) is 0 Å². The third-order valence-electron chi connectivity index (χ3n) is 2.04. The molecule has 1 aromatic carbocycles. The van der Waals surface area contributed by atoms with Crippen LogP contribution in [-0.4, -0.2) is 37.3 Å². The standard InChI is InChI=1S/C11H17NO2/c1-12(6-7-14-2)9-10-4-3-5-11(13)8-10/h3-5,8,13H,6-7,9H2,1-2H3. The van der Waals surface area contributed by atoms with E-state index in [4.69, 9.17) is 4.74 Å². The molecule has 0 fully saturated rings. The van der Waals surface area contributed by atoms with E-state index >= 15 is 0 Å². The van der Waals surface area contributed by atoms with E-state index in [1.54, 1.807) is 19.2 Å². The zero-order valence-corrected chi connectivity index (χ0v) is 8.73. The normalized spacial score (nSPS) is 10.8. The van der Waals surface area contributed by atoms with E-state index in [0.717, 1.165) is 25.3 Å². The van der Waals surface area contributed by atoms with Crippen LogP contribution >= 0.6 is 0 Å². The summed E-state index contributed by atoms with van der Waals surface area (Å²) in [5, 5.41) is 9.26. The fourth-order valence-corrected chi connectivity index (χ4v) is 1.29. The van der Waals surface area contributed by atoms with E-state index in [2.05, 4.69) is 4.90 Å². The SMILES string of the molecule is COCCN(C)Cc1cccc(O)c1. The highest BCUT2D eigenvalue weighted by atomic mass is 16.5. The summed E-state index contributed by atoms with van der Waals surface area (Å²) in [6.45, 7) is 2.46. The molecule has 0 unspecified atom stereocenters. The van der Waals surface area contributed by atoms with Crippen molar-refractivity contribution in [1.29, 1.82) is 0 Å².